The standard InChI is InChI=1S/C11H24O2/c1-11(2,3)9-7-5-6-8-10(12)13-4/h10,12H,5-9H2,1-4H3. The number of unbranched alkanes of at least 4 members (excludes halogenated alkanes) is 2. The average Bonchev–Trinajstić information content (AvgIpc) is 2.01. The van der Waals surface area contributed by atoms with Crippen LogP contribution in [0, 0.1) is 5.41 Å². The van der Waals surface area contributed by atoms with Gasteiger partial charge < -0.3 is 9.84 Å². The Balaban J connectivity index is 3.18. The summed E-state index contributed by atoms with van der Waals surface area (Å²) in [5.74, 6) is 0. The Morgan fingerprint density at radius 2 is 1.77 bits per heavy atom. The number of rotatable bonds is 6. The van der Waals surface area contributed by atoms with Crippen LogP contribution in [0.15, 0.2) is 0 Å². The van der Waals surface area contributed by atoms with Crippen LogP contribution in [-0.4, -0.2) is 18.5 Å². The van der Waals surface area contributed by atoms with Gasteiger partial charge in [0.05, 0.1) is 0 Å². The predicted octanol–water partition coefficient (Wildman–Crippen LogP) is 2.95. The van der Waals surface area contributed by atoms with E-state index in [0.29, 0.717) is 5.41 Å². The van der Waals surface area contributed by atoms with E-state index in [2.05, 4.69) is 20.8 Å². The van der Waals surface area contributed by atoms with Gasteiger partial charge >= 0.3 is 0 Å². The van der Waals surface area contributed by atoms with Crippen molar-refractivity contribution in [3.8, 4) is 0 Å². The Kier molecular flexibility index (Phi) is 6.35. The highest BCUT2D eigenvalue weighted by Crippen LogP contribution is 2.22. The molecule has 2 heteroatoms. The van der Waals surface area contributed by atoms with Crippen LogP contribution in [0.5, 0.6) is 0 Å². The number of aliphatic hydroxyl groups excluding tert-OH is 1. The predicted molar refractivity (Wildman–Crippen MR) is 55.6 cm³/mol. The van der Waals surface area contributed by atoms with Crippen LogP contribution in [0.1, 0.15) is 52.9 Å². The number of hydrogen-bond acceptors (Lipinski definition) is 2. The first-order valence-electron chi connectivity index (χ1n) is 5.16. The average molecular weight is 188 g/mol. The molecular weight excluding hydrogens is 164 g/mol. The largest absolute Gasteiger partial charge is 0.368 e. The maximum absolute atomic E-state index is 9.09. The Hall–Kier alpha value is -0.0800. The summed E-state index contributed by atoms with van der Waals surface area (Å²) in [4.78, 5) is 0. The fourth-order valence-electron chi connectivity index (χ4n) is 1.27. The molecule has 13 heavy (non-hydrogen) atoms. The van der Waals surface area contributed by atoms with Crippen LogP contribution in [0.25, 0.3) is 0 Å². The molecule has 0 aromatic heterocycles. The summed E-state index contributed by atoms with van der Waals surface area (Å²) in [6, 6.07) is 0. The molecule has 0 radical (unpaired) electrons. The molecule has 0 aromatic carbocycles. The van der Waals surface area contributed by atoms with E-state index in [9.17, 15) is 0 Å². The second-order valence-electron chi connectivity index (χ2n) is 4.85. The summed E-state index contributed by atoms with van der Waals surface area (Å²) >= 11 is 0. The Labute approximate surface area is 82.3 Å². The van der Waals surface area contributed by atoms with Crippen molar-refractivity contribution in [3.05, 3.63) is 0 Å². The smallest absolute Gasteiger partial charge is 0.154 e. The highest BCUT2D eigenvalue weighted by molar-refractivity contribution is 4.61. The minimum absolute atomic E-state index is 0.444. The molecule has 0 aromatic rings. The SMILES string of the molecule is COC(O)CCCCCC(C)(C)C. The molecular formula is C11H24O2. The van der Waals surface area contributed by atoms with Crippen LogP contribution in [0.4, 0.5) is 0 Å². The minimum atomic E-state index is -0.561. The van der Waals surface area contributed by atoms with Gasteiger partial charge in [0.1, 0.15) is 0 Å². The van der Waals surface area contributed by atoms with Gasteiger partial charge in [-0.15, -0.1) is 0 Å². The molecule has 0 aliphatic heterocycles. The lowest BCUT2D eigenvalue weighted by atomic mass is 9.89. The number of methoxy groups -OCH3 is 1. The molecule has 2 nitrogen and oxygen atoms in total. The Morgan fingerprint density at radius 1 is 1.15 bits per heavy atom. The maximum atomic E-state index is 9.09. The zero-order valence-electron chi connectivity index (χ0n) is 9.47. The molecule has 1 N–H and O–H groups in total. The molecule has 0 saturated heterocycles. The quantitative estimate of drug-likeness (QED) is 0.513. The summed E-state index contributed by atoms with van der Waals surface area (Å²) in [6.45, 7) is 6.78. The van der Waals surface area contributed by atoms with Gasteiger partial charge in [-0.05, 0) is 24.7 Å². The van der Waals surface area contributed by atoms with Crippen molar-refractivity contribution in [2.45, 2.75) is 59.2 Å². The molecule has 0 rings (SSSR count). The summed E-state index contributed by atoms with van der Waals surface area (Å²) in [6.07, 6.45) is 4.97. The first-order valence-corrected chi connectivity index (χ1v) is 5.16. The summed E-state index contributed by atoms with van der Waals surface area (Å²) in [7, 11) is 1.54. The molecule has 0 heterocycles. The summed E-state index contributed by atoms with van der Waals surface area (Å²) in [5.41, 5.74) is 0.444. The molecule has 0 bridgehead atoms. The van der Waals surface area contributed by atoms with Gasteiger partial charge in [-0.3, -0.25) is 0 Å². The van der Waals surface area contributed by atoms with Crippen LogP contribution in [0.3, 0.4) is 0 Å². The van der Waals surface area contributed by atoms with E-state index < -0.39 is 6.29 Å². The number of aliphatic hydroxyl groups is 1. The molecule has 1 atom stereocenters. The Bertz CT molecular complexity index is 116. The first kappa shape index (κ1) is 12.9. The highest BCUT2D eigenvalue weighted by Gasteiger charge is 2.09. The number of hydrogen-bond donors (Lipinski definition) is 1. The van der Waals surface area contributed by atoms with Gasteiger partial charge in [-0.25, -0.2) is 0 Å². The molecule has 0 spiro atoms. The van der Waals surface area contributed by atoms with E-state index in [4.69, 9.17) is 9.84 Å². The lowest BCUT2D eigenvalue weighted by molar-refractivity contribution is -0.0793. The van der Waals surface area contributed by atoms with Crippen molar-refractivity contribution in [2.24, 2.45) is 5.41 Å². The highest BCUT2D eigenvalue weighted by atomic mass is 16.6. The topological polar surface area (TPSA) is 29.5 Å². The van der Waals surface area contributed by atoms with E-state index >= 15 is 0 Å². The molecule has 0 aliphatic carbocycles. The van der Waals surface area contributed by atoms with E-state index in [1.54, 1.807) is 7.11 Å². The zero-order chi connectivity index (χ0) is 10.3. The van der Waals surface area contributed by atoms with Gasteiger partial charge in [0.2, 0.25) is 0 Å². The second-order valence-corrected chi connectivity index (χ2v) is 4.85. The summed E-state index contributed by atoms with van der Waals surface area (Å²) in [5, 5.41) is 9.09. The van der Waals surface area contributed by atoms with Gasteiger partial charge in [0.25, 0.3) is 0 Å². The van der Waals surface area contributed by atoms with E-state index in [0.717, 1.165) is 12.8 Å². The molecule has 1 unspecified atom stereocenters. The van der Waals surface area contributed by atoms with Crippen molar-refractivity contribution in [3.63, 3.8) is 0 Å². The van der Waals surface area contributed by atoms with E-state index in [1.165, 1.54) is 19.3 Å². The summed E-state index contributed by atoms with van der Waals surface area (Å²) < 4.78 is 4.75. The monoisotopic (exact) mass is 188 g/mol. The van der Waals surface area contributed by atoms with Crippen LogP contribution in [0.2, 0.25) is 0 Å². The van der Waals surface area contributed by atoms with Gasteiger partial charge in [-0.2, -0.15) is 0 Å². The normalized spacial score (nSPS) is 14.5. The van der Waals surface area contributed by atoms with Gasteiger partial charge in [0.15, 0.2) is 6.29 Å². The van der Waals surface area contributed by atoms with Gasteiger partial charge in [-0.1, -0.05) is 33.6 Å². The van der Waals surface area contributed by atoms with Crippen molar-refractivity contribution in [1.29, 1.82) is 0 Å². The van der Waals surface area contributed by atoms with Crippen LogP contribution < -0.4 is 0 Å². The van der Waals surface area contributed by atoms with E-state index in [1.807, 2.05) is 0 Å². The third kappa shape index (κ3) is 9.84. The van der Waals surface area contributed by atoms with Crippen molar-refractivity contribution in [1.82, 2.24) is 0 Å². The van der Waals surface area contributed by atoms with Crippen molar-refractivity contribution in [2.75, 3.05) is 7.11 Å². The van der Waals surface area contributed by atoms with Crippen molar-refractivity contribution < 1.29 is 9.84 Å². The van der Waals surface area contributed by atoms with Crippen molar-refractivity contribution >= 4 is 0 Å². The van der Waals surface area contributed by atoms with E-state index in [-0.39, 0.29) is 0 Å². The lowest BCUT2D eigenvalue weighted by Gasteiger charge is -2.17. The fraction of sp³-hybridized carbons (Fsp3) is 1.00. The van der Waals surface area contributed by atoms with Crippen LogP contribution >= 0.6 is 0 Å². The first-order chi connectivity index (χ1) is 5.95. The minimum Gasteiger partial charge on any atom is -0.368 e. The molecule has 80 valence electrons. The fourth-order valence-corrected chi connectivity index (χ4v) is 1.27. The zero-order valence-corrected chi connectivity index (χ0v) is 9.47. The maximum Gasteiger partial charge on any atom is 0.154 e. The molecule has 0 saturated carbocycles. The Morgan fingerprint density at radius 3 is 2.23 bits per heavy atom. The van der Waals surface area contributed by atoms with Crippen LogP contribution in [-0.2, 0) is 4.74 Å². The molecule has 0 amide bonds. The third-order valence-corrected chi connectivity index (χ3v) is 2.15. The number of ether oxygens (including phenoxy) is 1. The second kappa shape index (κ2) is 6.39. The lowest BCUT2D eigenvalue weighted by Crippen LogP contribution is -2.08. The van der Waals surface area contributed by atoms with Gasteiger partial charge in [0, 0.05) is 7.11 Å². The molecule has 0 aliphatic rings. The third-order valence-electron chi connectivity index (χ3n) is 2.15. The molecule has 0 fully saturated rings.